The van der Waals surface area contributed by atoms with Gasteiger partial charge in [0.05, 0.1) is 5.75 Å². The van der Waals surface area contributed by atoms with Gasteiger partial charge in [-0.3, -0.25) is 20.4 Å². The van der Waals surface area contributed by atoms with Crippen LogP contribution >= 0.6 is 11.8 Å². The quantitative estimate of drug-likeness (QED) is 0.433. The normalized spacial score (nSPS) is 10.4. The third kappa shape index (κ3) is 5.69. The van der Waals surface area contributed by atoms with Gasteiger partial charge in [-0.2, -0.15) is 0 Å². The van der Waals surface area contributed by atoms with E-state index >= 15 is 0 Å². The minimum Gasteiger partial charge on any atom is -0.309 e. The van der Waals surface area contributed by atoms with Crippen LogP contribution in [-0.2, 0) is 11.3 Å². The first-order chi connectivity index (χ1) is 11.7. The predicted molar refractivity (Wildman–Crippen MR) is 92.3 cm³/mol. The van der Waals surface area contributed by atoms with Gasteiger partial charge < -0.3 is 4.57 Å². The summed E-state index contributed by atoms with van der Waals surface area (Å²) < 4.78 is 1.94. The van der Waals surface area contributed by atoms with Gasteiger partial charge in [0.2, 0.25) is 5.91 Å². The molecule has 7 nitrogen and oxygen atoms in total. The summed E-state index contributed by atoms with van der Waals surface area (Å²) in [5, 5.41) is 8.61. The molecule has 0 unspecified atom stereocenters. The van der Waals surface area contributed by atoms with Crippen LogP contribution in [0.5, 0.6) is 0 Å². The van der Waals surface area contributed by atoms with Crippen LogP contribution in [0, 0.1) is 0 Å². The molecule has 2 rings (SSSR count). The Morgan fingerprint density at radius 3 is 2.71 bits per heavy atom. The minimum absolute atomic E-state index is 0.154. The average Bonchev–Trinajstić information content (AvgIpc) is 3.06. The smallest absolute Gasteiger partial charge is 0.269 e. The molecule has 1 aromatic heterocycles. The second-order valence-electron chi connectivity index (χ2n) is 5.17. The fourth-order valence-electron chi connectivity index (χ4n) is 2.00. The van der Waals surface area contributed by atoms with Gasteiger partial charge in [-0.1, -0.05) is 49.7 Å². The maximum absolute atomic E-state index is 11.8. The highest BCUT2D eigenvalue weighted by molar-refractivity contribution is 7.99. The van der Waals surface area contributed by atoms with Crippen molar-refractivity contribution in [3.8, 4) is 0 Å². The number of carbonyl (C=O) groups is 2. The van der Waals surface area contributed by atoms with E-state index in [0.717, 1.165) is 25.8 Å². The lowest BCUT2D eigenvalue weighted by Crippen LogP contribution is -2.42. The molecular formula is C16H21N5O2S. The molecule has 2 N–H and O–H groups in total. The number of nitrogens with one attached hydrogen (secondary N) is 2. The van der Waals surface area contributed by atoms with Gasteiger partial charge in [0, 0.05) is 12.1 Å². The number of hydrogen-bond donors (Lipinski definition) is 2. The Morgan fingerprint density at radius 2 is 1.96 bits per heavy atom. The standard InChI is InChI=1S/C16H21N5O2S/c1-2-3-7-10-21-12-17-20-16(21)24-11-14(22)18-19-15(23)13-8-5-4-6-9-13/h4-6,8-9,12H,2-3,7,10-11H2,1H3,(H,18,22)(H,19,23). The van der Waals surface area contributed by atoms with Crippen LogP contribution in [0.25, 0.3) is 0 Å². The van der Waals surface area contributed by atoms with Crippen LogP contribution < -0.4 is 10.9 Å². The number of nitrogens with zero attached hydrogens (tertiary/aromatic N) is 3. The first kappa shape index (κ1) is 18.0. The topological polar surface area (TPSA) is 88.9 Å². The zero-order chi connectivity index (χ0) is 17.2. The van der Waals surface area contributed by atoms with Crippen molar-refractivity contribution in [2.24, 2.45) is 0 Å². The Hall–Kier alpha value is -2.35. The van der Waals surface area contributed by atoms with E-state index in [1.165, 1.54) is 11.8 Å². The third-order valence-electron chi connectivity index (χ3n) is 3.27. The van der Waals surface area contributed by atoms with Crippen LogP contribution in [0.15, 0.2) is 41.8 Å². The molecule has 24 heavy (non-hydrogen) atoms. The van der Waals surface area contributed by atoms with Gasteiger partial charge in [-0.05, 0) is 18.6 Å². The van der Waals surface area contributed by atoms with E-state index in [1.807, 2.05) is 10.6 Å². The summed E-state index contributed by atoms with van der Waals surface area (Å²) in [7, 11) is 0. The predicted octanol–water partition coefficient (Wildman–Crippen LogP) is 2.02. The lowest BCUT2D eigenvalue weighted by molar-refractivity contribution is -0.119. The van der Waals surface area contributed by atoms with Crippen LogP contribution in [0.1, 0.15) is 36.5 Å². The van der Waals surface area contributed by atoms with E-state index in [2.05, 4.69) is 28.0 Å². The highest BCUT2D eigenvalue weighted by Gasteiger charge is 2.10. The monoisotopic (exact) mass is 347 g/mol. The molecule has 0 saturated heterocycles. The van der Waals surface area contributed by atoms with Gasteiger partial charge in [0.15, 0.2) is 5.16 Å². The number of aromatic nitrogens is 3. The van der Waals surface area contributed by atoms with Crippen molar-refractivity contribution in [3.63, 3.8) is 0 Å². The van der Waals surface area contributed by atoms with Crippen LogP contribution in [0.2, 0.25) is 0 Å². The molecule has 8 heteroatoms. The molecule has 0 atom stereocenters. The van der Waals surface area contributed by atoms with Crippen LogP contribution in [0.3, 0.4) is 0 Å². The molecule has 0 aliphatic carbocycles. The molecule has 0 spiro atoms. The SMILES string of the molecule is CCCCCn1cnnc1SCC(=O)NNC(=O)c1ccccc1. The second kappa shape index (κ2) is 9.71. The molecule has 2 amide bonds. The van der Waals surface area contributed by atoms with Crippen molar-refractivity contribution in [1.82, 2.24) is 25.6 Å². The van der Waals surface area contributed by atoms with E-state index in [-0.39, 0.29) is 17.6 Å². The van der Waals surface area contributed by atoms with Gasteiger partial charge in [0.1, 0.15) is 6.33 Å². The maximum Gasteiger partial charge on any atom is 0.269 e. The van der Waals surface area contributed by atoms with Crippen molar-refractivity contribution < 1.29 is 9.59 Å². The average molecular weight is 347 g/mol. The molecule has 128 valence electrons. The lowest BCUT2D eigenvalue weighted by atomic mass is 10.2. The first-order valence-corrected chi connectivity index (χ1v) is 8.84. The van der Waals surface area contributed by atoms with Gasteiger partial charge in [-0.15, -0.1) is 10.2 Å². The molecule has 0 saturated carbocycles. The third-order valence-corrected chi connectivity index (χ3v) is 4.25. The Balaban J connectivity index is 1.73. The molecule has 0 bridgehead atoms. The number of benzene rings is 1. The highest BCUT2D eigenvalue weighted by Crippen LogP contribution is 2.15. The van der Waals surface area contributed by atoms with E-state index < -0.39 is 0 Å². The molecule has 0 aliphatic rings. The molecular weight excluding hydrogens is 326 g/mol. The zero-order valence-electron chi connectivity index (χ0n) is 13.6. The van der Waals surface area contributed by atoms with Gasteiger partial charge in [0.25, 0.3) is 5.91 Å². The lowest BCUT2D eigenvalue weighted by Gasteiger charge is -2.08. The van der Waals surface area contributed by atoms with Crippen molar-refractivity contribution in [1.29, 1.82) is 0 Å². The summed E-state index contributed by atoms with van der Waals surface area (Å²) in [6.45, 7) is 2.99. The summed E-state index contributed by atoms with van der Waals surface area (Å²) in [6, 6.07) is 8.70. The summed E-state index contributed by atoms with van der Waals surface area (Å²) in [4.78, 5) is 23.7. The summed E-state index contributed by atoms with van der Waals surface area (Å²) in [5.41, 5.74) is 5.28. The van der Waals surface area contributed by atoms with Gasteiger partial charge in [-0.25, -0.2) is 0 Å². The molecule has 1 heterocycles. The van der Waals surface area contributed by atoms with Crippen molar-refractivity contribution >= 4 is 23.6 Å². The molecule has 1 aromatic carbocycles. The number of amides is 2. The number of hydrazine groups is 1. The maximum atomic E-state index is 11.8. The van der Waals surface area contributed by atoms with Gasteiger partial charge >= 0.3 is 0 Å². The molecule has 0 aliphatic heterocycles. The Bertz CT molecular complexity index is 659. The fourth-order valence-corrected chi connectivity index (χ4v) is 2.74. The van der Waals surface area contributed by atoms with E-state index in [4.69, 9.17) is 0 Å². The Kier molecular flexibility index (Phi) is 7.28. The number of unbranched alkanes of at least 4 members (excludes halogenated alkanes) is 2. The largest absolute Gasteiger partial charge is 0.309 e. The number of hydrogen-bond acceptors (Lipinski definition) is 5. The fraction of sp³-hybridized carbons (Fsp3) is 0.375. The molecule has 0 radical (unpaired) electrons. The zero-order valence-corrected chi connectivity index (χ0v) is 14.4. The number of thioether (sulfide) groups is 1. The first-order valence-electron chi connectivity index (χ1n) is 7.85. The highest BCUT2D eigenvalue weighted by atomic mass is 32.2. The van der Waals surface area contributed by atoms with Crippen molar-refractivity contribution in [2.75, 3.05) is 5.75 Å². The number of carbonyl (C=O) groups excluding carboxylic acids is 2. The van der Waals surface area contributed by atoms with Crippen molar-refractivity contribution in [2.45, 2.75) is 37.9 Å². The van der Waals surface area contributed by atoms with E-state index in [1.54, 1.807) is 30.6 Å². The number of aryl methyl sites for hydroxylation is 1. The molecule has 2 aromatic rings. The number of rotatable bonds is 8. The second-order valence-corrected chi connectivity index (χ2v) is 6.11. The summed E-state index contributed by atoms with van der Waals surface area (Å²) >= 11 is 1.29. The Labute approximate surface area is 145 Å². The van der Waals surface area contributed by atoms with E-state index in [0.29, 0.717) is 10.7 Å². The summed E-state index contributed by atoms with van der Waals surface area (Å²) in [6.07, 6.45) is 5.02. The van der Waals surface area contributed by atoms with Crippen LogP contribution in [-0.4, -0.2) is 32.3 Å². The molecule has 0 fully saturated rings. The van der Waals surface area contributed by atoms with Crippen LogP contribution in [0.4, 0.5) is 0 Å². The van der Waals surface area contributed by atoms with Crippen molar-refractivity contribution in [3.05, 3.63) is 42.2 Å². The Morgan fingerprint density at radius 1 is 1.17 bits per heavy atom. The minimum atomic E-state index is -0.350. The summed E-state index contributed by atoms with van der Waals surface area (Å²) in [5.74, 6) is -0.495. The van der Waals surface area contributed by atoms with E-state index in [9.17, 15) is 9.59 Å².